The molecule has 330 valence electrons. The van der Waals surface area contributed by atoms with Crippen LogP contribution in [0.25, 0.3) is 33.0 Å². The van der Waals surface area contributed by atoms with Crippen LogP contribution in [0, 0.1) is 18.7 Å². The van der Waals surface area contributed by atoms with Gasteiger partial charge >= 0.3 is 6.09 Å². The zero-order chi connectivity index (χ0) is 43.3. The highest BCUT2D eigenvalue weighted by atomic mass is 32.2. The number of rotatable bonds is 9. The number of aryl methyl sites for hydroxylation is 1. The van der Waals surface area contributed by atoms with Crippen LogP contribution in [0.5, 0.6) is 11.5 Å². The van der Waals surface area contributed by atoms with Crippen LogP contribution < -0.4 is 24.8 Å². The molecule has 0 radical (unpaired) electrons. The van der Waals surface area contributed by atoms with E-state index in [1.165, 1.54) is 17.0 Å². The average molecular weight is 874 g/mol. The summed E-state index contributed by atoms with van der Waals surface area (Å²) in [5, 5.41) is 6.03. The predicted molar refractivity (Wildman–Crippen MR) is 226 cm³/mol. The first kappa shape index (κ1) is 41.9. The van der Waals surface area contributed by atoms with Gasteiger partial charge in [-0.1, -0.05) is 25.0 Å². The third kappa shape index (κ3) is 8.15. The Balaban J connectivity index is 1.08. The standard InChI is InChI=1S/C45H52FN5O10S/c1-3-58-36-20-18-31-37-40(61-38(31)25(36)2)39(32-21-27(46)15-19-33(32)47-37)59-29-22-35-41(52)49-45(43(54)50-62(56,57)30-16-17-30)23-26(45)11-7-5-4-6-8-14-34(42(53)51(35)24-29)48-44(55)60-28-12-9-10-13-28/h7,11,15,18-21,26,28-30,34-35H,3-6,8-10,12-14,16-17,22-24H2,1-2H3,(H,48,55)(H,49,52)(H,50,54)/b11-7-/t26-,29+,34-,35+,45-/m1/s1. The Labute approximate surface area is 358 Å². The molecule has 5 aliphatic rings. The van der Waals surface area contributed by atoms with Gasteiger partial charge in [0.05, 0.1) is 23.9 Å². The van der Waals surface area contributed by atoms with Crippen LogP contribution in [0.3, 0.4) is 0 Å². The molecular weight excluding hydrogens is 822 g/mol. The summed E-state index contributed by atoms with van der Waals surface area (Å²) in [5.74, 6) is -2.26. The maximum absolute atomic E-state index is 15.0. The minimum atomic E-state index is -3.94. The number of allylic oxidation sites excluding steroid dienone is 1. The van der Waals surface area contributed by atoms with E-state index < -0.39 is 74.5 Å². The number of hydrogen-bond donors (Lipinski definition) is 3. The zero-order valence-electron chi connectivity index (χ0n) is 34.9. The molecular formula is C45H52FN5O10S. The van der Waals surface area contributed by atoms with E-state index in [-0.39, 0.29) is 43.2 Å². The minimum Gasteiger partial charge on any atom is -0.493 e. The van der Waals surface area contributed by atoms with Crippen LogP contribution in [-0.4, -0.2) is 90.3 Å². The summed E-state index contributed by atoms with van der Waals surface area (Å²) < 4.78 is 68.0. The largest absolute Gasteiger partial charge is 0.493 e. The summed E-state index contributed by atoms with van der Waals surface area (Å²) in [5.41, 5.74) is 0.809. The summed E-state index contributed by atoms with van der Waals surface area (Å²) in [4.78, 5) is 62.9. The summed E-state index contributed by atoms with van der Waals surface area (Å²) in [6.45, 7) is 4.06. The lowest BCUT2D eigenvalue weighted by Crippen LogP contribution is -2.58. The molecule has 5 atom stereocenters. The highest BCUT2D eigenvalue weighted by Gasteiger charge is 2.62. The molecule has 17 heteroatoms. The second-order valence-corrected chi connectivity index (χ2v) is 19.3. The van der Waals surface area contributed by atoms with Gasteiger partial charge in [-0.15, -0.1) is 0 Å². The van der Waals surface area contributed by atoms with Crippen molar-refractivity contribution < 1.29 is 50.6 Å². The number of furan rings is 1. The van der Waals surface area contributed by atoms with Crippen molar-refractivity contribution in [3.63, 3.8) is 0 Å². The lowest BCUT2D eigenvalue weighted by atomic mass is 10.0. The topological polar surface area (TPSA) is 195 Å². The fourth-order valence-corrected chi connectivity index (χ4v) is 10.7. The molecule has 4 amide bonds. The number of nitrogens with one attached hydrogen (secondary N) is 3. The number of halogens is 1. The summed E-state index contributed by atoms with van der Waals surface area (Å²) in [6.07, 6.45) is 9.38. The van der Waals surface area contributed by atoms with Crippen LogP contribution in [0.4, 0.5) is 9.18 Å². The zero-order valence-corrected chi connectivity index (χ0v) is 35.7. The smallest absolute Gasteiger partial charge is 0.408 e. The van der Waals surface area contributed by atoms with Gasteiger partial charge in [-0.2, -0.15) is 0 Å². The van der Waals surface area contributed by atoms with E-state index in [9.17, 15) is 27.6 Å². The minimum absolute atomic E-state index is 0.0657. The Bertz CT molecular complexity index is 2590. The molecule has 15 nitrogen and oxygen atoms in total. The second kappa shape index (κ2) is 16.7. The van der Waals surface area contributed by atoms with Crippen LogP contribution in [0.2, 0.25) is 0 Å². The molecule has 3 saturated carbocycles. The molecule has 0 spiro atoms. The van der Waals surface area contributed by atoms with Crippen molar-refractivity contribution in [2.24, 2.45) is 5.92 Å². The number of sulfonamides is 1. The number of carbonyl (C=O) groups is 4. The molecule has 62 heavy (non-hydrogen) atoms. The van der Waals surface area contributed by atoms with E-state index in [0.29, 0.717) is 65.4 Å². The van der Waals surface area contributed by atoms with Gasteiger partial charge in [0.1, 0.15) is 52.5 Å². The Kier molecular flexibility index (Phi) is 11.3. The SMILES string of the molecule is CCOc1ccc2c(oc3c(O[C@H]4C[C@H]5C(=O)N[C@]6(C(=O)NS(=O)(=O)C7CC7)C[C@H]6/C=C\CCCCC[C@@H](NC(=O)OC6CCCC6)C(=O)N5C4)c4cc(F)ccc4nc32)c1C. The third-order valence-corrected chi connectivity index (χ3v) is 14.8. The number of hydrogen-bond acceptors (Lipinski definition) is 11. The van der Waals surface area contributed by atoms with Gasteiger partial charge in [0.15, 0.2) is 11.3 Å². The normalized spacial score (nSPS) is 26.6. The summed E-state index contributed by atoms with van der Waals surface area (Å²) in [6, 6.07) is 5.55. The third-order valence-electron chi connectivity index (χ3n) is 13.0. The molecule has 3 N–H and O–H groups in total. The highest BCUT2D eigenvalue weighted by Crippen LogP contribution is 2.47. The number of benzene rings is 2. The summed E-state index contributed by atoms with van der Waals surface area (Å²) >= 11 is 0. The number of ether oxygens (including phenoxy) is 3. The molecule has 9 rings (SSSR count). The van der Waals surface area contributed by atoms with Crippen molar-refractivity contribution in [3.8, 4) is 11.5 Å². The van der Waals surface area contributed by atoms with Crippen LogP contribution in [0.1, 0.15) is 96.0 Å². The molecule has 2 aromatic carbocycles. The van der Waals surface area contributed by atoms with Crippen LogP contribution in [-0.2, 0) is 29.1 Å². The van der Waals surface area contributed by atoms with E-state index in [0.717, 1.165) is 44.1 Å². The molecule has 0 unspecified atom stereocenters. The number of alkyl carbamates (subject to hydrolysis) is 1. The first-order valence-corrected chi connectivity index (χ1v) is 23.5. The first-order chi connectivity index (χ1) is 29.8. The number of aromatic nitrogens is 1. The van der Waals surface area contributed by atoms with Crippen LogP contribution >= 0.6 is 0 Å². The maximum atomic E-state index is 15.0. The summed E-state index contributed by atoms with van der Waals surface area (Å²) in [7, 11) is -3.94. The van der Waals surface area contributed by atoms with E-state index in [4.69, 9.17) is 23.6 Å². The van der Waals surface area contributed by atoms with Crippen molar-refractivity contribution in [1.82, 2.24) is 25.2 Å². The Hall–Kier alpha value is -5.45. The monoisotopic (exact) mass is 873 g/mol. The van der Waals surface area contributed by atoms with Crippen LogP contribution in [0.15, 0.2) is 46.9 Å². The van der Waals surface area contributed by atoms with E-state index >= 15 is 4.39 Å². The van der Waals surface area contributed by atoms with Gasteiger partial charge in [-0.05, 0) is 108 Å². The van der Waals surface area contributed by atoms with Crippen molar-refractivity contribution in [2.45, 2.75) is 132 Å². The molecule has 2 aliphatic heterocycles. The predicted octanol–water partition coefficient (Wildman–Crippen LogP) is 6.37. The maximum Gasteiger partial charge on any atom is 0.408 e. The lowest BCUT2D eigenvalue weighted by Gasteiger charge is -2.30. The molecule has 0 bridgehead atoms. The van der Waals surface area contributed by atoms with Gasteiger partial charge < -0.3 is 34.2 Å². The highest BCUT2D eigenvalue weighted by molar-refractivity contribution is 7.91. The van der Waals surface area contributed by atoms with E-state index in [1.54, 1.807) is 6.07 Å². The molecule has 3 aliphatic carbocycles. The number of fused-ring (bicyclic) bond motifs is 6. The van der Waals surface area contributed by atoms with Gasteiger partial charge in [-0.25, -0.2) is 22.6 Å². The quantitative estimate of drug-likeness (QED) is 0.158. The van der Waals surface area contributed by atoms with Crippen molar-refractivity contribution >= 4 is 66.8 Å². The number of nitrogens with zero attached hydrogens (tertiary/aromatic N) is 2. The number of amides is 4. The van der Waals surface area contributed by atoms with Crippen molar-refractivity contribution in [1.29, 1.82) is 0 Å². The average Bonchev–Trinajstić information content (AvgIpc) is 4.05. The Morgan fingerprint density at radius 1 is 1.00 bits per heavy atom. The molecule has 4 aromatic rings. The molecule has 4 heterocycles. The molecule has 1 saturated heterocycles. The second-order valence-electron chi connectivity index (χ2n) is 17.4. The van der Waals surface area contributed by atoms with Crippen molar-refractivity contribution in [2.75, 3.05) is 13.2 Å². The Morgan fingerprint density at radius 2 is 1.79 bits per heavy atom. The van der Waals surface area contributed by atoms with Crippen molar-refractivity contribution in [3.05, 3.63) is 53.9 Å². The van der Waals surface area contributed by atoms with Gasteiger partial charge in [-0.3, -0.25) is 19.1 Å². The van der Waals surface area contributed by atoms with E-state index in [1.807, 2.05) is 38.1 Å². The number of pyridine rings is 1. The van der Waals surface area contributed by atoms with Gasteiger partial charge in [0.25, 0.3) is 5.91 Å². The van der Waals surface area contributed by atoms with Gasteiger partial charge in [0.2, 0.25) is 21.8 Å². The fourth-order valence-electron chi connectivity index (χ4n) is 9.34. The fraction of sp³-hybridized carbons (Fsp3) is 0.533. The first-order valence-electron chi connectivity index (χ1n) is 21.9. The van der Waals surface area contributed by atoms with Gasteiger partial charge in [0, 0.05) is 28.7 Å². The Morgan fingerprint density at radius 3 is 2.56 bits per heavy atom. The number of carbonyl (C=O) groups excluding carboxylic acids is 4. The lowest BCUT2D eigenvalue weighted by molar-refractivity contribution is -0.141. The van der Waals surface area contributed by atoms with E-state index in [2.05, 4.69) is 15.4 Å². The molecule has 2 aromatic heterocycles. The molecule has 4 fully saturated rings.